The molecule has 2 aromatic rings. The number of alkyl halides is 3. The summed E-state index contributed by atoms with van der Waals surface area (Å²) in [5.41, 5.74) is -0.553. The molecule has 0 aromatic carbocycles. The van der Waals surface area contributed by atoms with Crippen molar-refractivity contribution in [2.45, 2.75) is 6.18 Å². The third kappa shape index (κ3) is 2.85. The first-order valence-electron chi connectivity index (χ1n) is 4.99. The molecule has 0 N–H and O–H groups in total. The van der Waals surface area contributed by atoms with E-state index >= 15 is 0 Å². The summed E-state index contributed by atoms with van der Waals surface area (Å²) in [5.74, 6) is -1.07. The maximum absolute atomic E-state index is 13.1. The molecule has 2 aromatic heterocycles. The minimum Gasteiger partial charge on any atom is -0.361 e. The third-order valence-electron chi connectivity index (χ3n) is 2.28. The summed E-state index contributed by atoms with van der Waals surface area (Å²) in [6, 6.07) is 4.22. The topological polar surface area (TPSA) is 30.1 Å². The molecule has 0 aliphatic rings. The number of rotatable bonds is 1. The maximum Gasteiger partial charge on any atom is 0.417 e. The van der Waals surface area contributed by atoms with E-state index < -0.39 is 17.7 Å². The van der Waals surface area contributed by atoms with E-state index in [-0.39, 0.29) is 17.1 Å². The molecule has 2 rings (SSSR count). The fourth-order valence-electron chi connectivity index (χ4n) is 1.42. The number of halogens is 4. The van der Waals surface area contributed by atoms with Gasteiger partial charge in [-0.25, -0.2) is 0 Å². The fourth-order valence-corrected chi connectivity index (χ4v) is 1.42. The molecule has 3 nitrogen and oxygen atoms in total. The first kappa shape index (κ1) is 13.0. The first-order valence-corrected chi connectivity index (χ1v) is 4.99. The summed E-state index contributed by atoms with van der Waals surface area (Å²) in [6.07, 6.45) is -3.82. The summed E-state index contributed by atoms with van der Waals surface area (Å²) in [6.45, 7) is 6.74. The number of nitrogens with zero attached hydrogens (tertiary/aromatic N) is 3. The standard InChI is InChI=1S/C12H5F4N3/c1-17-11-5-7(4-10(13)19-11)9-3-2-8(6-18-9)12(14,15)16/h2-6H. The molecular weight excluding hydrogens is 262 g/mol. The summed E-state index contributed by atoms with van der Waals surface area (Å²) in [7, 11) is 0. The Bertz CT molecular complexity index is 642. The predicted molar refractivity (Wildman–Crippen MR) is 58.7 cm³/mol. The molecule has 0 bridgehead atoms. The Morgan fingerprint density at radius 1 is 1.16 bits per heavy atom. The van der Waals surface area contributed by atoms with E-state index in [1.54, 1.807) is 0 Å². The number of pyridine rings is 2. The van der Waals surface area contributed by atoms with Crippen LogP contribution in [0.3, 0.4) is 0 Å². The van der Waals surface area contributed by atoms with Gasteiger partial charge >= 0.3 is 12.1 Å². The van der Waals surface area contributed by atoms with Crippen molar-refractivity contribution in [3.8, 4) is 11.3 Å². The highest BCUT2D eigenvalue weighted by Gasteiger charge is 2.30. The lowest BCUT2D eigenvalue weighted by Gasteiger charge is -2.07. The Kier molecular flexibility index (Phi) is 3.17. The maximum atomic E-state index is 13.1. The van der Waals surface area contributed by atoms with Crippen LogP contribution in [0, 0.1) is 12.5 Å². The van der Waals surface area contributed by atoms with Crippen LogP contribution in [-0.2, 0) is 6.18 Å². The molecule has 0 saturated heterocycles. The van der Waals surface area contributed by atoms with Gasteiger partial charge in [0.05, 0.1) is 11.3 Å². The van der Waals surface area contributed by atoms with E-state index in [0.717, 1.165) is 18.2 Å². The minimum absolute atomic E-state index is 0.138. The highest BCUT2D eigenvalue weighted by molar-refractivity contribution is 5.63. The predicted octanol–water partition coefficient (Wildman–Crippen LogP) is 3.85. The molecule has 0 atom stereocenters. The number of hydrogen-bond acceptors (Lipinski definition) is 2. The Morgan fingerprint density at radius 2 is 1.89 bits per heavy atom. The number of aromatic nitrogens is 2. The molecule has 0 spiro atoms. The highest BCUT2D eigenvalue weighted by atomic mass is 19.4. The smallest absolute Gasteiger partial charge is 0.361 e. The quantitative estimate of drug-likeness (QED) is 0.446. The molecule has 0 unspecified atom stereocenters. The first-order chi connectivity index (χ1) is 8.90. The Hall–Kier alpha value is -2.49. The van der Waals surface area contributed by atoms with Gasteiger partial charge in [0.1, 0.15) is 0 Å². The lowest BCUT2D eigenvalue weighted by atomic mass is 10.1. The molecule has 0 aliphatic heterocycles. The molecule has 2 heterocycles. The van der Waals surface area contributed by atoms with Gasteiger partial charge in [-0.3, -0.25) is 4.98 Å². The molecule has 7 heteroatoms. The van der Waals surface area contributed by atoms with Crippen molar-refractivity contribution < 1.29 is 17.6 Å². The lowest BCUT2D eigenvalue weighted by Crippen LogP contribution is -2.05. The van der Waals surface area contributed by atoms with E-state index in [4.69, 9.17) is 6.57 Å². The van der Waals surface area contributed by atoms with E-state index in [0.29, 0.717) is 6.20 Å². The van der Waals surface area contributed by atoms with Gasteiger partial charge in [-0.15, -0.1) is 0 Å². The minimum atomic E-state index is -4.48. The fraction of sp³-hybridized carbons (Fsp3) is 0.0833. The molecule has 19 heavy (non-hydrogen) atoms. The zero-order chi connectivity index (χ0) is 14.0. The van der Waals surface area contributed by atoms with Gasteiger partial charge in [0, 0.05) is 12.3 Å². The largest absolute Gasteiger partial charge is 0.417 e. The van der Waals surface area contributed by atoms with E-state index in [1.165, 1.54) is 6.07 Å². The lowest BCUT2D eigenvalue weighted by molar-refractivity contribution is -0.137. The van der Waals surface area contributed by atoms with Gasteiger partial charge < -0.3 is 4.85 Å². The van der Waals surface area contributed by atoms with E-state index in [1.807, 2.05) is 0 Å². The molecule has 0 saturated carbocycles. The second-order valence-corrected chi connectivity index (χ2v) is 3.58. The van der Waals surface area contributed by atoms with Gasteiger partial charge in [-0.05, 0) is 23.8 Å². The average molecular weight is 267 g/mol. The molecule has 0 aliphatic carbocycles. The SMILES string of the molecule is [C-]#[N+]c1cc(-c2ccc(C(F)(F)F)cn2)cc(F)n1. The molecular formula is C12H5F4N3. The van der Waals surface area contributed by atoms with Crippen molar-refractivity contribution >= 4 is 5.82 Å². The van der Waals surface area contributed by atoms with Crippen molar-refractivity contribution in [1.82, 2.24) is 9.97 Å². The van der Waals surface area contributed by atoms with Gasteiger partial charge in [0.2, 0.25) is 0 Å². The third-order valence-corrected chi connectivity index (χ3v) is 2.28. The van der Waals surface area contributed by atoms with Crippen LogP contribution < -0.4 is 0 Å². The van der Waals surface area contributed by atoms with Crippen LogP contribution in [0.2, 0.25) is 0 Å². The van der Waals surface area contributed by atoms with Gasteiger partial charge in [0.25, 0.3) is 5.82 Å². The van der Waals surface area contributed by atoms with E-state index in [9.17, 15) is 17.6 Å². The summed E-state index contributed by atoms with van der Waals surface area (Å²) < 4.78 is 50.2. The van der Waals surface area contributed by atoms with Crippen LogP contribution in [0.5, 0.6) is 0 Å². The zero-order valence-electron chi connectivity index (χ0n) is 9.24. The van der Waals surface area contributed by atoms with Gasteiger partial charge in [-0.2, -0.15) is 17.6 Å². The highest BCUT2D eigenvalue weighted by Crippen LogP contribution is 2.30. The molecule has 0 fully saturated rings. The molecule has 96 valence electrons. The van der Waals surface area contributed by atoms with Crippen molar-refractivity contribution in [2.75, 3.05) is 0 Å². The van der Waals surface area contributed by atoms with Crippen LogP contribution in [0.25, 0.3) is 16.1 Å². The van der Waals surface area contributed by atoms with Crippen LogP contribution in [-0.4, -0.2) is 9.97 Å². The Labute approximate surface area is 105 Å². The van der Waals surface area contributed by atoms with E-state index in [2.05, 4.69) is 14.8 Å². The van der Waals surface area contributed by atoms with Crippen LogP contribution >= 0.6 is 0 Å². The molecule has 0 amide bonds. The summed E-state index contributed by atoms with van der Waals surface area (Å²) in [5, 5.41) is 0. The van der Waals surface area contributed by atoms with Crippen LogP contribution in [0.15, 0.2) is 30.5 Å². The Balaban J connectivity index is 2.43. The van der Waals surface area contributed by atoms with Crippen molar-refractivity contribution in [3.05, 3.63) is 53.4 Å². The Morgan fingerprint density at radius 3 is 2.42 bits per heavy atom. The zero-order valence-corrected chi connectivity index (χ0v) is 9.24. The second-order valence-electron chi connectivity index (χ2n) is 3.58. The van der Waals surface area contributed by atoms with Crippen LogP contribution in [0.4, 0.5) is 23.4 Å². The number of hydrogen-bond donors (Lipinski definition) is 0. The van der Waals surface area contributed by atoms with Crippen molar-refractivity contribution in [2.24, 2.45) is 0 Å². The normalized spacial score (nSPS) is 11.1. The average Bonchev–Trinajstić information content (AvgIpc) is 2.37. The van der Waals surface area contributed by atoms with Crippen LogP contribution in [0.1, 0.15) is 5.56 Å². The second kappa shape index (κ2) is 4.65. The monoisotopic (exact) mass is 267 g/mol. The van der Waals surface area contributed by atoms with Crippen molar-refractivity contribution in [3.63, 3.8) is 0 Å². The van der Waals surface area contributed by atoms with Gasteiger partial charge in [0.15, 0.2) is 0 Å². The summed E-state index contributed by atoms with van der Waals surface area (Å²) >= 11 is 0. The summed E-state index contributed by atoms with van der Waals surface area (Å²) in [4.78, 5) is 9.89. The van der Waals surface area contributed by atoms with Crippen molar-refractivity contribution in [1.29, 1.82) is 0 Å². The molecule has 0 radical (unpaired) electrons. The van der Waals surface area contributed by atoms with Gasteiger partial charge in [-0.1, -0.05) is 11.6 Å².